The lowest BCUT2D eigenvalue weighted by atomic mass is 10.0. The zero-order valence-electron chi connectivity index (χ0n) is 8.29. The molecule has 0 bridgehead atoms. The topological polar surface area (TPSA) is 40.5 Å². The molecule has 0 aromatic carbocycles. The molecule has 0 fully saturated rings. The van der Waals surface area contributed by atoms with Gasteiger partial charge in [-0.1, -0.05) is 13.8 Å². The molecule has 0 aromatic heterocycles. The van der Waals surface area contributed by atoms with E-state index in [1.165, 1.54) is 0 Å². The van der Waals surface area contributed by atoms with Gasteiger partial charge in [-0.25, -0.2) is 0 Å². The zero-order valence-corrected chi connectivity index (χ0v) is 8.29. The molecule has 74 valence electrons. The molecule has 0 aromatic rings. The van der Waals surface area contributed by atoms with E-state index in [1.807, 2.05) is 0 Å². The van der Waals surface area contributed by atoms with E-state index in [0.717, 1.165) is 32.1 Å². The van der Waals surface area contributed by atoms with Gasteiger partial charge in [0.15, 0.2) is 0 Å². The van der Waals surface area contributed by atoms with E-state index in [2.05, 4.69) is 13.8 Å². The van der Waals surface area contributed by atoms with Crippen molar-refractivity contribution in [2.45, 2.75) is 52.1 Å². The highest BCUT2D eigenvalue weighted by atomic mass is 16.3. The second kappa shape index (κ2) is 7.56. The molecule has 0 rings (SSSR count). The smallest absolute Gasteiger partial charge is 0.0540 e. The van der Waals surface area contributed by atoms with E-state index in [9.17, 15) is 5.11 Å². The average Bonchev–Trinajstić information content (AvgIpc) is 2.01. The van der Waals surface area contributed by atoms with E-state index in [-0.39, 0.29) is 12.7 Å². The first-order valence-electron chi connectivity index (χ1n) is 4.95. The summed E-state index contributed by atoms with van der Waals surface area (Å²) in [6.07, 6.45) is 4.45. The van der Waals surface area contributed by atoms with Gasteiger partial charge < -0.3 is 10.2 Å². The second-order valence-electron chi connectivity index (χ2n) is 3.84. The lowest BCUT2D eigenvalue weighted by Gasteiger charge is -2.11. The summed E-state index contributed by atoms with van der Waals surface area (Å²) < 4.78 is 0. The monoisotopic (exact) mass is 174 g/mol. The van der Waals surface area contributed by atoms with Crippen molar-refractivity contribution < 1.29 is 10.2 Å². The van der Waals surface area contributed by atoms with Crippen LogP contribution in [0.2, 0.25) is 0 Å². The quantitative estimate of drug-likeness (QED) is 0.579. The van der Waals surface area contributed by atoms with E-state index >= 15 is 0 Å². The highest BCUT2D eigenvalue weighted by Gasteiger charge is 2.04. The van der Waals surface area contributed by atoms with Crippen LogP contribution in [0.3, 0.4) is 0 Å². The molecule has 0 radical (unpaired) electrons. The molecule has 12 heavy (non-hydrogen) atoms. The van der Waals surface area contributed by atoms with Gasteiger partial charge in [0.1, 0.15) is 0 Å². The summed E-state index contributed by atoms with van der Waals surface area (Å²) in [4.78, 5) is 0. The van der Waals surface area contributed by atoms with Gasteiger partial charge in [0.05, 0.1) is 6.10 Å². The van der Waals surface area contributed by atoms with Crippen LogP contribution < -0.4 is 0 Å². The Bertz CT molecular complexity index is 91.8. The SMILES string of the molecule is CC(C)CCC(O)CCCCO. The predicted molar refractivity (Wildman–Crippen MR) is 51.0 cm³/mol. The number of rotatable bonds is 7. The highest BCUT2D eigenvalue weighted by molar-refractivity contribution is 4.57. The highest BCUT2D eigenvalue weighted by Crippen LogP contribution is 2.11. The fourth-order valence-corrected chi connectivity index (χ4v) is 1.16. The fourth-order valence-electron chi connectivity index (χ4n) is 1.16. The van der Waals surface area contributed by atoms with Crippen LogP contribution in [0.5, 0.6) is 0 Å². The molecule has 2 nitrogen and oxygen atoms in total. The Labute approximate surface area is 75.6 Å². The van der Waals surface area contributed by atoms with Gasteiger partial charge in [-0.3, -0.25) is 0 Å². The zero-order chi connectivity index (χ0) is 9.40. The van der Waals surface area contributed by atoms with Crippen molar-refractivity contribution >= 4 is 0 Å². The molecule has 0 aliphatic rings. The molecule has 0 aliphatic carbocycles. The summed E-state index contributed by atoms with van der Waals surface area (Å²) in [7, 11) is 0. The van der Waals surface area contributed by atoms with Gasteiger partial charge in [0.25, 0.3) is 0 Å². The van der Waals surface area contributed by atoms with Gasteiger partial charge in [-0.05, 0) is 38.0 Å². The molecule has 0 heterocycles. The lowest BCUT2D eigenvalue weighted by molar-refractivity contribution is 0.140. The Morgan fingerprint density at radius 3 is 2.17 bits per heavy atom. The summed E-state index contributed by atoms with van der Waals surface area (Å²) in [5.41, 5.74) is 0. The number of aliphatic hydroxyl groups is 2. The minimum atomic E-state index is -0.154. The maximum Gasteiger partial charge on any atom is 0.0540 e. The van der Waals surface area contributed by atoms with Crippen LogP contribution in [0.25, 0.3) is 0 Å². The molecule has 0 amide bonds. The van der Waals surface area contributed by atoms with Crippen LogP contribution in [-0.4, -0.2) is 22.9 Å². The van der Waals surface area contributed by atoms with Gasteiger partial charge >= 0.3 is 0 Å². The largest absolute Gasteiger partial charge is 0.396 e. The normalized spacial score (nSPS) is 13.8. The van der Waals surface area contributed by atoms with E-state index in [0.29, 0.717) is 5.92 Å². The first kappa shape index (κ1) is 11.9. The van der Waals surface area contributed by atoms with Crippen LogP contribution in [-0.2, 0) is 0 Å². The van der Waals surface area contributed by atoms with E-state index < -0.39 is 0 Å². The molecule has 0 aliphatic heterocycles. The van der Waals surface area contributed by atoms with Crippen molar-refractivity contribution in [3.8, 4) is 0 Å². The lowest BCUT2D eigenvalue weighted by Crippen LogP contribution is -2.07. The van der Waals surface area contributed by atoms with Crippen LogP contribution in [0.4, 0.5) is 0 Å². The van der Waals surface area contributed by atoms with Crippen molar-refractivity contribution in [3.63, 3.8) is 0 Å². The van der Waals surface area contributed by atoms with Crippen LogP contribution in [0.15, 0.2) is 0 Å². The third-order valence-corrected chi connectivity index (χ3v) is 2.02. The third kappa shape index (κ3) is 8.02. The number of unbranched alkanes of at least 4 members (excludes halogenated alkanes) is 1. The van der Waals surface area contributed by atoms with Crippen LogP contribution in [0.1, 0.15) is 46.0 Å². The fraction of sp³-hybridized carbons (Fsp3) is 1.00. The summed E-state index contributed by atoms with van der Waals surface area (Å²) in [5.74, 6) is 0.678. The standard InChI is InChI=1S/C10H22O2/c1-9(2)6-7-10(12)5-3-4-8-11/h9-12H,3-8H2,1-2H3. The Hall–Kier alpha value is -0.0800. The molecule has 0 saturated heterocycles. The minimum Gasteiger partial charge on any atom is -0.396 e. The number of hydrogen-bond donors (Lipinski definition) is 2. The first-order chi connectivity index (χ1) is 5.66. The van der Waals surface area contributed by atoms with Crippen LogP contribution >= 0.6 is 0 Å². The van der Waals surface area contributed by atoms with Crippen molar-refractivity contribution in [1.29, 1.82) is 0 Å². The van der Waals surface area contributed by atoms with Gasteiger partial charge in [-0.15, -0.1) is 0 Å². The molecule has 2 heteroatoms. The Morgan fingerprint density at radius 1 is 1.00 bits per heavy atom. The Kier molecular flexibility index (Phi) is 7.51. The van der Waals surface area contributed by atoms with Crippen molar-refractivity contribution in [3.05, 3.63) is 0 Å². The average molecular weight is 174 g/mol. The Morgan fingerprint density at radius 2 is 1.67 bits per heavy atom. The molecule has 1 unspecified atom stereocenters. The molecule has 0 spiro atoms. The summed E-state index contributed by atoms with van der Waals surface area (Å²) in [5, 5.41) is 18.0. The molecule has 2 N–H and O–H groups in total. The Balaban J connectivity index is 3.15. The number of aliphatic hydroxyl groups excluding tert-OH is 2. The summed E-state index contributed by atoms with van der Waals surface area (Å²) in [6.45, 7) is 4.58. The number of hydrogen-bond acceptors (Lipinski definition) is 2. The first-order valence-corrected chi connectivity index (χ1v) is 4.95. The molecule has 1 atom stereocenters. The van der Waals surface area contributed by atoms with E-state index in [1.54, 1.807) is 0 Å². The summed E-state index contributed by atoms with van der Waals surface area (Å²) in [6, 6.07) is 0. The van der Waals surface area contributed by atoms with Gasteiger partial charge in [0.2, 0.25) is 0 Å². The van der Waals surface area contributed by atoms with E-state index in [4.69, 9.17) is 5.11 Å². The van der Waals surface area contributed by atoms with Crippen molar-refractivity contribution in [1.82, 2.24) is 0 Å². The second-order valence-corrected chi connectivity index (χ2v) is 3.84. The van der Waals surface area contributed by atoms with Crippen molar-refractivity contribution in [2.75, 3.05) is 6.61 Å². The van der Waals surface area contributed by atoms with Crippen LogP contribution in [0, 0.1) is 5.92 Å². The van der Waals surface area contributed by atoms with Crippen molar-refractivity contribution in [2.24, 2.45) is 5.92 Å². The maximum absolute atomic E-state index is 9.44. The third-order valence-electron chi connectivity index (χ3n) is 2.02. The maximum atomic E-state index is 9.44. The van der Waals surface area contributed by atoms with Gasteiger partial charge in [0, 0.05) is 6.61 Å². The van der Waals surface area contributed by atoms with Gasteiger partial charge in [-0.2, -0.15) is 0 Å². The molecule has 0 saturated carbocycles. The molecular formula is C10H22O2. The predicted octanol–water partition coefficient (Wildman–Crippen LogP) is 1.95. The molecular weight excluding hydrogens is 152 g/mol. The summed E-state index contributed by atoms with van der Waals surface area (Å²) >= 11 is 0. The minimum absolute atomic E-state index is 0.154.